The topological polar surface area (TPSA) is 69.6 Å². The first-order chi connectivity index (χ1) is 8.59. The molecule has 1 amide bonds. The lowest BCUT2D eigenvalue weighted by molar-refractivity contribution is -0.153. The van der Waals surface area contributed by atoms with Crippen molar-refractivity contribution in [1.82, 2.24) is 10.2 Å². The van der Waals surface area contributed by atoms with Crippen LogP contribution in [0, 0.1) is 0 Å². The van der Waals surface area contributed by atoms with Crippen LogP contribution in [0.1, 0.15) is 38.5 Å². The largest absolute Gasteiger partial charge is 0.480 e. The van der Waals surface area contributed by atoms with E-state index in [2.05, 4.69) is 21.2 Å². The Morgan fingerprint density at radius 2 is 1.94 bits per heavy atom. The zero-order chi connectivity index (χ0) is 13.1. The maximum absolute atomic E-state index is 12.4. The molecule has 5 nitrogen and oxygen atoms in total. The van der Waals surface area contributed by atoms with Crippen molar-refractivity contribution in [2.24, 2.45) is 0 Å². The number of amides is 1. The number of carboxylic acids is 1. The van der Waals surface area contributed by atoms with Crippen molar-refractivity contribution >= 4 is 27.8 Å². The molecular weight excluding hydrogens is 300 g/mol. The number of alkyl halides is 1. The minimum atomic E-state index is -0.880. The van der Waals surface area contributed by atoms with Gasteiger partial charge in [0, 0.05) is 6.54 Å². The molecule has 2 saturated heterocycles. The van der Waals surface area contributed by atoms with Gasteiger partial charge in [0.2, 0.25) is 5.91 Å². The van der Waals surface area contributed by atoms with Gasteiger partial charge >= 0.3 is 5.97 Å². The summed E-state index contributed by atoms with van der Waals surface area (Å²) < 4.78 is 0. The molecule has 3 atom stereocenters. The van der Waals surface area contributed by atoms with E-state index in [0.717, 1.165) is 32.1 Å². The Bertz CT molecular complexity index is 337. The highest BCUT2D eigenvalue weighted by Gasteiger charge is 2.36. The van der Waals surface area contributed by atoms with Gasteiger partial charge in [-0.05, 0) is 38.5 Å². The Morgan fingerprint density at radius 1 is 1.17 bits per heavy atom. The lowest BCUT2D eigenvalue weighted by Gasteiger charge is -2.37. The molecule has 0 spiro atoms. The van der Waals surface area contributed by atoms with Gasteiger partial charge in [-0.2, -0.15) is 0 Å². The fraction of sp³-hybridized carbons (Fsp3) is 0.833. The lowest BCUT2D eigenvalue weighted by atomic mass is 9.98. The summed E-state index contributed by atoms with van der Waals surface area (Å²) in [6.45, 7) is 0.570. The number of likely N-dealkylation sites (tertiary alicyclic amines) is 1. The lowest BCUT2D eigenvalue weighted by Crippen LogP contribution is -2.56. The fourth-order valence-electron chi connectivity index (χ4n) is 2.73. The number of aliphatic carboxylic acids is 1. The van der Waals surface area contributed by atoms with Crippen LogP contribution in [-0.4, -0.2) is 45.5 Å². The number of hydrogen-bond acceptors (Lipinski definition) is 3. The van der Waals surface area contributed by atoms with Gasteiger partial charge in [-0.1, -0.05) is 15.9 Å². The number of carbonyl (C=O) groups is 2. The zero-order valence-electron chi connectivity index (χ0n) is 10.3. The second-order valence-corrected chi connectivity index (χ2v) is 6.10. The molecule has 18 heavy (non-hydrogen) atoms. The van der Waals surface area contributed by atoms with Crippen molar-refractivity contribution in [3.05, 3.63) is 0 Å². The monoisotopic (exact) mass is 318 g/mol. The molecule has 1 unspecified atom stereocenters. The van der Waals surface area contributed by atoms with Crippen LogP contribution < -0.4 is 5.32 Å². The first-order valence-corrected chi connectivity index (χ1v) is 7.44. The highest BCUT2D eigenvalue weighted by molar-refractivity contribution is 9.09. The molecule has 0 bridgehead atoms. The van der Waals surface area contributed by atoms with E-state index in [1.54, 1.807) is 4.90 Å². The second-order valence-electron chi connectivity index (χ2n) is 5.00. The average molecular weight is 319 g/mol. The summed E-state index contributed by atoms with van der Waals surface area (Å²) in [5.74, 6) is -0.930. The third kappa shape index (κ3) is 3.03. The molecule has 0 aromatic rings. The number of carbonyl (C=O) groups excluding carboxylic acids is 1. The van der Waals surface area contributed by atoms with Gasteiger partial charge in [-0.3, -0.25) is 10.1 Å². The van der Waals surface area contributed by atoms with E-state index in [1.165, 1.54) is 0 Å². The number of rotatable bonds is 2. The highest BCUT2D eigenvalue weighted by Crippen LogP contribution is 2.22. The summed E-state index contributed by atoms with van der Waals surface area (Å²) >= 11 is 3.47. The van der Waals surface area contributed by atoms with Crippen LogP contribution in [-0.2, 0) is 9.59 Å². The average Bonchev–Trinajstić information content (AvgIpc) is 2.38. The number of halogens is 1. The number of nitrogens with one attached hydrogen (secondary N) is 1. The van der Waals surface area contributed by atoms with E-state index < -0.39 is 12.0 Å². The van der Waals surface area contributed by atoms with E-state index in [1.807, 2.05) is 0 Å². The van der Waals surface area contributed by atoms with E-state index in [-0.39, 0.29) is 16.9 Å². The number of hydrogen-bond donors (Lipinski definition) is 2. The van der Waals surface area contributed by atoms with Crippen LogP contribution in [0.2, 0.25) is 0 Å². The summed E-state index contributed by atoms with van der Waals surface area (Å²) in [6.07, 6.45) is 5.16. The van der Waals surface area contributed by atoms with E-state index in [4.69, 9.17) is 0 Å². The van der Waals surface area contributed by atoms with Gasteiger partial charge in [0.15, 0.2) is 0 Å². The molecule has 0 saturated carbocycles. The molecule has 0 aliphatic carbocycles. The van der Waals surface area contributed by atoms with Gasteiger partial charge in [0.25, 0.3) is 0 Å². The Hall–Kier alpha value is -0.620. The van der Waals surface area contributed by atoms with Crippen molar-refractivity contribution in [1.29, 1.82) is 0 Å². The summed E-state index contributed by atoms with van der Waals surface area (Å²) in [4.78, 5) is 25.3. The molecule has 2 fully saturated rings. The smallest absolute Gasteiger partial charge is 0.326 e. The Morgan fingerprint density at radius 3 is 2.61 bits per heavy atom. The highest BCUT2D eigenvalue weighted by atomic mass is 79.9. The molecule has 0 aromatic heterocycles. The Kier molecular flexibility index (Phi) is 4.61. The van der Waals surface area contributed by atoms with Gasteiger partial charge in [-0.25, -0.2) is 4.79 Å². The summed E-state index contributed by atoms with van der Waals surface area (Å²) in [7, 11) is 0. The van der Waals surface area contributed by atoms with Gasteiger partial charge in [-0.15, -0.1) is 0 Å². The molecule has 2 aliphatic rings. The van der Waals surface area contributed by atoms with E-state index >= 15 is 0 Å². The van der Waals surface area contributed by atoms with Crippen LogP contribution >= 0.6 is 15.9 Å². The number of nitrogens with zero attached hydrogens (tertiary/aromatic N) is 1. The maximum atomic E-state index is 12.4. The zero-order valence-corrected chi connectivity index (χ0v) is 11.9. The summed E-state index contributed by atoms with van der Waals surface area (Å²) in [5, 5.41) is 12.4. The van der Waals surface area contributed by atoms with Gasteiger partial charge in [0.05, 0.1) is 11.0 Å². The Balaban J connectivity index is 2.03. The SMILES string of the molecule is O=C(O)[C@H]1CCCCN1C(=O)[C@@H]1CCCC(Br)N1. The predicted octanol–water partition coefficient (Wildman–Crippen LogP) is 1.32. The number of piperidine rings is 2. The third-order valence-electron chi connectivity index (χ3n) is 3.70. The minimum absolute atomic E-state index is 0.0498. The van der Waals surface area contributed by atoms with Crippen LogP contribution in [0.15, 0.2) is 0 Å². The minimum Gasteiger partial charge on any atom is -0.480 e. The van der Waals surface area contributed by atoms with Crippen molar-refractivity contribution in [3.63, 3.8) is 0 Å². The Labute approximate surface area is 115 Å². The van der Waals surface area contributed by atoms with Crippen LogP contribution in [0.25, 0.3) is 0 Å². The fourth-order valence-corrected chi connectivity index (χ4v) is 3.38. The first-order valence-electron chi connectivity index (χ1n) is 6.53. The van der Waals surface area contributed by atoms with Crippen LogP contribution in [0.4, 0.5) is 0 Å². The van der Waals surface area contributed by atoms with Crippen LogP contribution in [0.3, 0.4) is 0 Å². The first kappa shape index (κ1) is 13.8. The van der Waals surface area contributed by atoms with Crippen molar-refractivity contribution < 1.29 is 14.7 Å². The molecular formula is C12H19BrN2O3. The summed E-state index contributed by atoms with van der Waals surface area (Å²) in [5.41, 5.74) is 0. The number of carboxylic acid groups (broad SMARTS) is 1. The van der Waals surface area contributed by atoms with E-state index in [0.29, 0.717) is 13.0 Å². The molecule has 6 heteroatoms. The van der Waals surface area contributed by atoms with Crippen LogP contribution in [0.5, 0.6) is 0 Å². The maximum Gasteiger partial charge on any atom is 0.326 e. The summed E-state index contributed by atoms with van der Waals surface area (Å²) in [6, 6.07) is -0.869. The second kappa shape index (κ2) is 6.02. The normalized spacial score (nSPS) is 33.2. The quantitative estimate of drug-likeness (QED) is 0.595. The van der Waals surface area contributed by atoms with Crippen molar-refractivity contribution in [2.75, 3.05) is 6.54 Å². The van der Waals surface area contributed by atoms with Gasteiger partial charge < -0.3 is 10.0 Å². The molecule has 2 heterocycles. The third-order valence-corrected chi connectivity index (χ3v) is 4.42. The molecule has 2 rings (SSSR count). The standard InChI is InChI=1S/C12H19BrN2O3/c13-10-6-3-4-8(14-10)11(16)15-7-2-1-5-9(15)12(17)18/h8-10,14H,1-7H2,(H,17,18)/t8-,9+,10?/m0/s1. The molecule has 102 valence electrons. The van der Waals surface area contributed by atoms with Crippen molar-refractivity contribution in [2.45, 2.75) is 55.6 Å². The molecule has 2 aliphatic heterocycles. The van der Waals surface area contributed by atoms with Crippen molar-refractivity contribution in [3.8, 4) is 0 Å². The predicted molar refractivity (Wildman–Crippen MR) is 70.5 cm³/mol. The molecule has 0 aromatic carbocycles. The van der Waals surface area contributed by atoms with E-state index in [9.17, 15) is 14.7 Å². The molecule has 0 radical (unpaired) electrons. The molecule has 2 N–H and O–H groups in total. The van der Waals surface area contributed by atoms with Gasteiger partial charge in [0.1, 0.15) is 6.04 Å².